The lowest BCUT2D eigenvalue weighted by atomic mass is 10.00. The average Bonchev–Trinajstić information content (AvgIpc) is 2.30. The van der Waals surface area contributed by atoms with Crippen molar-refractivity contribution >= 4 is 28.5 Å². The molecule has 2 rings (SSSR count). The van der Waals surface area contributed by atoms with Gasteiger partial charge in [-0.1, -0.05) is 22.6 Å². The molecule has 0 aromatic rings. The van der Waals surface area contributed by atoms with Crippen LogP contribution in [0.4, 0.5) is 0 Å². The molecular formula is C12H21IN2O. The van der Waals surface area contributed by atoms with Gasteiger partial charge in [-0.05, 0) is 38.8 Å². The quantitative estimate of drug-likeness (QED) is 0.539. The second-order valence-electron chi connectivity index (χ2n) is 4.95. The highest BCUT2D eigenvalue weighted by molar-refractivity contribution is 14.1. The molecule has 0 spiro atoms. The lowest BCUT2D eigenvalue weighted by Crippen LogP contribution is -2.48. The number of piperidine rings is 2. The lowest BCUT2D eigenvalue weighted by molar-refractivity contribution is -0.130. The molecule has 3 nitrogen and oxygen atoms in total. The fourth-order valence-corrected chi connectivity index (χ4v) is 3.34. The molecule has 2 saturated heterocycles. The zero-order valence-electron chi connectivity index (χ0n) is 9.99. The van der Waals surface area contributed by atoms with Gasteiger partial charge in [0.05, 0.1) is 0 Å². The Kier molecular flexibility index (Phi) is 4.47. The summed E-state index contributed by atoms with van der Waals surface area (Å²) in [6.07, 6.45) is 5.03. The number of halogens is 1. The van der Waals surface area contributed by atoms with Crippen LogP contribution < -0.4 is 0 Å². The molecule has 0 bridgehead atoms. The van der Waals surface area contributed by atoms with Crippen molar-refractivity contribution in [2.75, 3.05) is 26.2 Å². The number of hydrogen-bond donors (Lipinski definition) is 0. The Morgan fingerprint density at radius 2 is 1.62 bits per heavy atom. The van der Waals surface area contributed by atoms with Crippen molar-refractivity contribution in [2.45, 2.75) is 42.6 Å². The third kappa shape index (κ3) is 3.09. The minimum Gasteiger partial charge on any atom is -0.343 e. The highest BCUT2D eigenvalue weighted by atomic mass is 127. The summed E-state index contributed by atoms with van der Waals surface area (Å²) < 4.78 is 0.881. The fraction of sp³-hybridized carbons (Fsp3) is 0.917. The zero-order valence-corrected chi connectivity index (χ0v) is 12.1. The van der Waals surface area contributed by atoms with Crippen molar-refractivity contribution in [3.05, 3.63) is 0 Å². The van der Waals surface area contributed by atoms with Gasteiger partial charge in [0.25, 0.3) is 0 Å². The molecule has 0 aromatic carbocycles. The number of carbonyl (C=O) groups is 1. The molecule has 0 unspecified atom stereocenters. The number of alkyl halides is 1. The number of rotatable bonds is 1. The number of likely N-dealkylation sites (tertiary alicyclic amines) is 2. The van der Waals surface area contributed by atoms with E-state index >= 15 is 0 Å². The Morgan fingerprint density at radius 3 is 2.12 bits per heavy atom. The maximum Gasteiger partial charge on any atom is 0.219 e. The normalized spacial score (nSPS) is 26.0. The van der Waals surface area contributed by atoms with Gasteiger partial charge in [-0.25, -0.2) is 0 Å². The molecule has 92 valence electrons. The van der Waals surface area contributed by atoms with Crippen molar-refractivity contribution < 1.29 is 4.79 Å². The number of carbonyl (C=O) groups excluding carboxylic acids is 1. The van der Waals surface area contributed by atoms with Crippen LogP contribution in [-0.4, -0.2) is 51.9 Å². The van der Waals surface area contributed by atoms with Gasteiger partial charge in [0.2, 0.25) is 5.91 Å². The van der Waals surface area contributed by atoms with Crippen LogP contribution in [0.3, 0.4) is 0 Å². The van der Waals surface area contributed by atoms with Gasteiger partial charge in [0, 0.05) is 30.0 Å². The van der Waals surface area contributed by atoms with Crippen molar-refractivity contribution in [2.24, 2.45) is 0 Å². The Bertz CT molecular complexity index is 243. The first-order valence-corrected chi connectivity index (χ1v) is 7.55. The number of nitrogens with zero attached hydrogens (tertiary/aromatic N) is 2. The van der Waals surface area contributed by atoms with Crippen LogP contribution in [0.1, 0.15) is 32.6 Å². The lowest BCUT2D eigenvalue weighted by Gasteiger charge is -2.40. The first kappa shape index (κ1) is 12.6. The third-order valence-electron chi connectivity index (χ3n) is 3.89. The van der Waals surface area contributed by atoms with Crippen LogP contribution >= 0.6 is 22.6 Å². The fourth-order valence-electron chi connectivity index (χ4n) is 2.78. The van der Waals surface area contributed by atoms with Gasteiger partial charge >= 0.3 is 0 Å². The minimum atomic E-state index is 0.240. The highest BCUT2D eigenvalue weighted by Crippen LogP contribution is 2.24. The molecular weight excluding hydrogens is 315 g/mol. The monoisotopic (exact) mass is 336 g/mol. The molecule has 0 atom stereocenters. The van der Waals surface area contributed by atoms with Gasteiger partial charge in [0.15, 0.2) is 0 Å². The highest BCUT2D eigenvalue weighted by Gasteiger charge is 2.27. The summed E-state index contributed by atoms with van der Waals surface area (Å²) in [5.74, 6) is 0.240. The van der Waals surface area contributed by atoms with Gasteiger partial charge in [-0.15, -0.1) is 0 Å². The molecule has 2 aliphatic heterocycles. The van der Waals surface area contributed by atoms with Gasteiger partial charge < -0.3 is 9.80 Å². The third-order valence-corrected chi connectivity index (χ3v) is 5.13. The van der Waals surface area contributed by atoms with E-state index in [1.54, 1.807) is 6.92 Å². The molecule has 0 aliphatic carbocycles. The molecule has 0 saturated carbocycles. The van der Waals surface area contributed by atoms with Gasteiger partial charge in [-0.3, -0.25) is 4.79 Å². The van der Waals surface area contributed by atoms with Crippen molar-refractivity contribution in [3.8, 4) is 0 Å². The molecule has 4 heteroatoms. The van der Waals surface area contributed by atoms with E-state index in [0.717, 1.165) is 23.1 Å². The van der Waals surface area contributed by atoms with E-state index in [1.807, 2.05) is 4.90 Å². The molecule has 2 aliphatic rings. The Hall–Kier alpha value is 0.160. The van der Waals surface area contributed by atoms with Crippen LogP contribution in [0.5, 0.6) is 0 Å². The Labute approximate surface area is 112 Å². The van der Waals surface area contributed by atoms with E-state index < -0.39 is 0 Å². The molecule has 0 N–H and O–H groups in total. The van der Waals surface area contributed by atoms with Crippen molar-refractivity contribution in [3.63, 3.8) is 0 Å². The second kappa shape index (κ2) is 5.67. The molecule has 2 fully saturated rings. The van der Waals surface area contributed by atoms with E-state index in [0.29, 0.717) is 0 Å². The minimum absolute atomic E-state index is 0.240. The summed E-state index contributed by atoms with van der Waals surface area (Å²) in [7, 11) is 0. The molecule has 2 heterocycles. The van der Waals surface area contributed by atoms with Crippen LogP contribution in [0.15, 0.2) is 0 Å². The van der Waals surface area contributed by atoms with E-state index in [9.17, 15) is 4.79 Å². The van der Waals surface area contributed by atoms with E-state index in [-0.39, 0.29) is 5.91 Å². The first-order chi connectivity index (χ1) is 7.66. The van der Waals surface area contributed by atoms with Crippen LogP contribution in [0.25, 0.3) is 0 Å². The summed E-state index contributed by atoms with van der Waals surface area (Å²) in [5, 5.41) is 0. The summed E-state index contributed by atoms with van der Waals surface area (Å²) in [5.41, 5.74) is 0. The number of hydrogen-bond acceptors (Lipinski definition) is 2. The van der Waals surface area contributed by atoms with Crippen LogP contribution in [0.2, 0.25) is 0 Å². The summed E-state index contributed by atoms with van der Waals surface area (Å²) in [4.78, 5) is 15.9. The summed E-state index contributed by atoms with van der Waals surface area (Å²) >= 11 is 2.57. The van der Waals surface area contributed by atoms with E-state index in [1.165, 1.54) is 38.8 Å². The first-order valence-electron chi connectivity index (χ1n) is 6.30. The largest absolute Gasteiger partial charge is 0.343 e. The summed E-state index contributed by atoms with van der Waals surface area (Å²) in [6.45, 7) is 6.13. The molecule has 16 heavy (non-hydrogen) atoms. The topological polar surface area (TPSA) is 23.6 Å². The second-order valence-corrected chi connectivity index (χ2v) is 6.71. The predicted octanol–water partition coefficient (Wildman–Crippen LogP) is 1.90. The van der Waals surface area contributed by atoms with Crippen LogP contribution in [-0.2, 0) is 4.79 Å². The Balaban J connectivity index is 1.78. The van der Waals surface area contributed by atoms with Crippen LogP contribution in [0, 0.1) is 0 Å². The SMILES string of the molecule is CC(=O)N1CCC(N2CCC(I)CC2)CC1. The standard InChI is InChI=1S/C12H21IN2O/c1-10(16)14-8-4-12(5-9-14)15-6-2-11(13)3-7-15/h11-12H,2-9H2,1H3. The maximum atomic E-state index is 11.2. The van der Waals surface area contributed by atoms with Gasteiger partial charge in [-0.2, -0.15) is 0 Å². The predicted molar refractivity (Wildman–Crippen MR) is 73.9 cm³/mol. The van der Waals surface area contributed by atoms with Crippen molar-refractivity contribution in [1.29, 1.82) is 0 Å². The maximum absolute atomic E-state index is 11.2. The smallest absolute Gasteiger partial charge is 0.219 e. The molecule has 1 amide bonds. The summed E-state index contributed by atoms with van der Waals surface area (Å²) in [6, 6.07) is 0.736. The molecule has 0 aromatic heterocycles. The van der Waals surface area contributed by atoms with Crippen molar-refractivity contribution in [1.82, 2.24) is 9.80 Å². The molecule has 0 radical (unpaired) electrons. The van der Waals surface area contributed by atoms with Gasteiger partial charge in [0.1, 0.15) is 0 Å². The Morgan fingerprint density at radius 1 is 1.06 bits per heavy atom. The van der Waals surface area contributed by atoms with E-state index in [2.05, 4.69) is 27.5 Å². The van der Waals surface area contributed by atoms with E-state index in [4.69, 9.17) is 0 Å². The average molecular weight is 336 g/mol. The zero-order chi connectivity index (χ0) is 11.5. The number of amides is 1.